The third-order valence-electron chi connectivity index (χ3n) is 6.39. The number of aryl methyl sites for hydroxylation is 1. The third-order valence-corrected chi connectivity index (χ3v) is 9.26. The van der Waals surface area contributed by atoms with E-state index in [1.807, 2.05) is 55.5 Å². The van der Waals surface area contributed by atoms with Crippen LogP contribution in [0.4, 0.5) is 5.82 Å². The van der Waals surface area contributed by atoms with Crippen molar-refractivity contribution in [1.82, 2.24) is 19.1 Å². The Bertz CT molecular complexity index is 1710. The Kier molecular flexibility index (Phi) is 5.86. The van der Waals surface area contributed by atoms with Crippen LogP contribution < -0.4 is 5.32 Å². The Hall–Kier alpha value is -3.86. The van der Waals surface area contributed by atoms with Crippen molar-refractivity contribution in [2.45, 2.75) is 24.8 Å². The molecule has 186 valence electrons. The average Bonchev–Trinajstić information content (AvgIpc) is 3.51. The predicted molar refractivity (Wildman–Crippen MR) is 144 cm³/mol. The van der Waals surface area contributed by atoms with Crippen LogP contribution in [0.5, 0.6) is 0 Å². The second-order valence-corrected chi connectivity index (χ2v) is 11.8. The Morgan fingerprint density at radius 1 is 0.973 bits per heavy atom. The molecule has 3 aromatic carbocycles. The van der Waals surface area contributed by atoms with Gasteiger partial charge in [0.2, 0.25) is 15.2 Å². The number of sulfonamides is 1. The highest BCUT2D eigenvalue weighted by molar-refractivity contribution is 7.89. The van der Waals surface area contributed by atoms with Gasteiger partial charge >= 0.3 is 0 Å². The molecule has 1 aliphatic rings. The van der Waals surface area contributed by atoms with E-state index >= 15 is 0 Å². The number of nitrogens with one attached hydrogen (secondary N) is 1. The van der Waals surface area contributed by atoms with Crippen molar-refractivity contribution in [2.24, 2.45) is 0 Å². The first kappa shape index (κ1) is 23.5. The van der Waals surface area contributed by atoms with Crippen molar-refractivity contribution in [3.05, 3.63) is 101 Å². The van der Waals surface area contributed by atoms with Crippen LogP contribution in [0, 0.1) is 6.92 Å². The number of anilines is 1. The molecular formula is C27H23N5O3S2. The predicted octanol–water partition coefficient (Wildman–Crippen LogP) is 4.79. The lowest BCUT2D eigenvalue weighted by Crippen LogP contribution is -2.35. The highest BCUT2D eigenvalue weighted by atomic mass is 32.2. The second kappa shape index (κ2) is 9.22. The van der Waals surface area contributed by atoms with Crippen LogP contribution in [0.2, 0.25) is 0 Å². The van der Waals surface area contributed by atoms with Gasteiger partial charge in [0.05, 0.1) is 20.8 Å². The monoisotopic (exact) mass is 529 g/mol. The van der Waals surface area contributed by atoms with E-state index in [-0.39, 0.29) is 10.8 Å². The van der Waals surface area contributed by atoms with Crippen LogP contribution in [-0.4, -0.2) is 39.9 Å². The lowest BCUT2D eigenvalue weighted by molar-refractivity contribution is 0.102. The Labute approximate surface area is 218 Å². The number of aromatic nitrogens is 3. The highest BCUT2D eigenvalue weighted by Crippen LogP contribution is 2.28. The number of benzene rings is 3. The molecule has 0 aliphatic carbocycles. The fraction of sp³-hybridized carbons (Fsp3) is 0.148. The number of hydrogen-bond donors (Lipinski definition) is 1. The summed E-state index contributed by atoms with van der Waals surface area (Å²) in [6.45, 7) is 2.62. The number of fused-ring (bicyclic) bond motifs is 2. The number of nitrogens with zero attached hydrogens (tertiary/aromatic N) is 4. The highest BCUT2D eigenvalue weighted by Gasteiger charge is 2.28. The molecule has 0 saturated carbocycles. The molecule has 0 atom stereocenters. The maximum Gasteiger partial charge on any atom is 0.256 e. The Morgan fingerprint density at radius 2 is 1.70 bits per heavy atom. The zero-order valence-electron chi connectivity index (χ0n) is 20.0. The molecule has 0 fully saturated rings. The standard InChI is InChI=1S/C27H23N5O3S2/c1-18-16-25(32(30-18)27-28-23-8-4-5-9-24(23)36-27)29-26(33)20-10-12-22(13-11-20)37(34,35)31-15-14-19-6-2-3-7-21(19)17-31/h2-13,16H,14-15,17H2,1H3,(H,29,33). The number of carbonyl (C=O) groups is 1. The van der Waals surface area contributed by atoms with Crippen molar-refractivity contribution in [1.29, 1.82) is 0 Å². The van der Waals surface area contributed by atoms with E-state index in [1.54, 1.807) is 10.7 Å². The molecule has 37 heavy (non-hydrogen) atoms. The van der Waals surface area contributed by atoms with E-state index in [1.165, 1.54) is 45.5 Å². The normalized spacial score (nSPS) is 14.0. The molecule has 0 bridgehead atoms. The first-order chi connectivity index (χ1) is 17.9. The minimum Gasteiger partial charge on any atom is -0.306 e. The Morgan fingerprint density at radius 3 is 2.49 bits per heavy atom. The molecule has 8 nitrogen and oxygen atoms in total. The van der Waals surface area contributed by atoms with Gasteiger partial charge in [-0.1, -0.05) is 47.7 Å². The third kappa shape index (κ3) is 4.43. The van der Waals surface area contributed by atoms with Crippen molar-refractivity contribution >= 4 is 43.3 Å². The van der Waals surface area contributed by atoms with Gasteiger partial charge in [-0.15, -0.1) is 0 Å². The van der Waals surface area contributed by atoms with E-state index in [0.29, 0.717) is 36.0 Å². The van der Waals surface area contributed by atoms with E-state index in [4.69, 9.17) is 0 Å². The fourth-order valence-electron chi connectivity index (χ4n) is 4.48. The zero-order valence-corrected chi connectivity index (χ0v) is 21.6. The summed E-state index contributed by atoms with van der Waals surface area (Å²) in [7, 11) is -3.68. The fourth-order valence-corrected chi connectivity index (χ4v) is 6.83. The molecule has 0 spiro atoms. The second-order valence-electron chi connectivity index (χ2n) is 8.88. The summed E-state index contributed by atoms with van der Waals surface area (Å²) in [5, 5.41) is 8.04. The average molecular weight is 530 g/mol. The van der Waals surface area contributed by atoms with Crippen LogP contribution in [0.1, 0.15) is 27.2 Å². The van der Waals surface area contributed by atoms with Crippen LogP contribution in [0.3, 0.4) is 0 Å². The zero-order chi connectivity index (χ0) is 25.6. The number of para-hydroxylation sites is 1. The van der Waals surface area contributed by atoms with Gasteiger partial charge in [-0.3, -0.25) is 4.79 Å². The number of rotatable bonds is 5. The van der Waals surface area contributed by atoms with Crippen molar-refractivity contribution in [2.75, 3.05) is 11.9 Å². The lowest BCUT2D eigenvalue weighted by atomic mass is 10.0. The SMILES string of the molecule is Cc1cc(NC(=O)c2ccc(S(=O)(=O)N3CCc4ccccc4C3)cc2)n(-c2nc3ccccc3s2)n1. The quantitative estimate of drug-likeness (QED) is 0.353. The molecule has 6 rings (SSSR count). The van der Waals surface area contributed by atoms with Crippen molar-refractivity contribution in [3.8, 4) is 5.13 Å². The molecular weight excluding hydrogens is 506 g/mol. The van der Waals surface area contributed by atoms with Crippen LogP contribution in [0.15, 0.2) is 83.8 Å². The summed E-state index contributed by atoms with van der Waals surface area (Å²) in [5.41, 5.74) is 4.15. The number of amides is 1. The molecule has 2 aromatic heterocycles. The van der Waals surface area contributed by atoms with Gasteiger partial charge < -0.3 is 5.32 Å². The van der Waals surface area contributed by atoms with Crippen molar-refractivity contribution in [3.63, 3.8) is 0 Å². The van der Waals surface area contributed by atoms with Gasteiger partial charge in [0.1, 0.15) is 5.82 Å². The molecule has 5 aromatic rings. The van der Waals surface area contributed by atoms with Gasteiger partial charge in [-0.05, 0) is 60.9 Å². The first-order valence-electron chi connectivity index (χ1n) is 11.8. The number of thiazole rings is 1. The Balaban J connectivity index is 1.21. The number of hydrogen-bond acceptors (Lipinski definition) is 6. The molecule has 0 saturated heterocycles. The van der Waals surface area contributed by atoms with E-state index in [2.05, 4.69) is 15.4 Å². The van der Waals surface area contributed by atoms with Crippen LogP contribution in [-0.2, 0) is 23.0 Å². The summed E-state index contributed by atoms with van der Waals surface area (Å²) in [5.74, 6) is 0.128. The molecule has 1 amide bonds. The van der Waals surface area contributed by atoms with Gasteiger partial charge in [0.15, 0.2) is 0 Å². The summed E-state index contributed by atoms with van der Waals surface area (Å²) in [6.07, 6.45) is 0.678. The summed E-state index contributed by atoms with van der Waals surface area (Å²) in [6, 6.07) is 23.5. The smallest absolute Gasteiger partial charge is 0.256 e. The molecule has 0 unspecified atom stereocenters. The van der Waals surface area contributed by atoms with Crippen molar-refractivity contribution < 1.29 is 13.2 Å². The van der Waals surface area contributed by atoms with Gasteiger partial charge in [0, 0.05) is 24.7 Å². The van der Waals surface area contributed by atoms with E-state index in [0.717, 1.165) is 21.5 Å². The van der Waals surface area contributed by atoms with Crippen LogP contribution >= 0.6 is 11.3 Å². The molecule has 1 N–H and O–H groups in total. The summed E-state index contributed by atoms with van der Waals surface area (Å²) in [4.78, 5) is 17.8. The maximum atomic E-state index is 13.3. The van der Waals surface area contributed by atoms with Gasteiger partial charge in [0.25, 0.3) is 5.91 Å². The summed E-state index contributed by atoms with van der Waals surface area (Å²) < 4.78 is 30.6. The number of carbonyl (C=O) groups excluding carboxylic acids is 1. The minimum absolute atomic E-state index is 0.166. The topological polar surface area (TPSA) is 97.2 Å². The lowest BCUT2D eigenvalue weighted by Gasteiger charge is -2.28. The maximum absolute atomic E-state index is 13.3. The molecule has 10 heteroatoms. The minimum atomic E-state index is -3.68. The van der Waals surface area contributed by atoms with E-state index in [9.17, 15) is 13.2 Å². The molecule has 3 heterocycles. The first-order valence-corrected chi connectivity index (χ1v) is 14.0. The largest absolute Gasteiger partial charge is 0.306 e. The van der Waals surface area contributed by atoms with Gasteiger partial charge in [-0.25, -0.2) is 13.4 Å². The van der Waals surface area contributed by atoms with E-state index < -0.39 is 10.0 Å². The molecule has 0 radical (unpaired) electrons. The van der Waals surface area contributed by atoms with Crippen LogP contribution in [0.25, 0.3) is 15.3 Å². The summed E-state index contributed by atoms with van der Waals surface area (Å²) >= 11 is 1.48. The molecule has 1 aliphatic heterocycles. The van der Waals surface area contributed by atoms with Gasteiger partial charge in [-0.2, -0.15) is 14.1 Å².